The standard InChI is InChI=1S/C17H21NO/c1-3-14-8-7-10-16(12-14)19-17-11-6-5-9-15(17)13-18-4-2/h5-12,18H,3-4,13H2,1-2H3. The topological polar surface area (TPSA) is 21.3 Å². The van der Waals surface area contributed by atoms with Crippen molar-refractivity contribution in [2.75, 3.05) is 6.54 Å². The molecule has 19 heavy (non-hydrogen) atoms. The molecule has 2 aromatic rings. The predicted molar refractivity (Wildman–Crippen MR) is 79.7 cm³/mol. The first kappa shape index (κ1) is 13.6. The maximum absolute atomic E-state index is 6.01. The van der Waals surface area contributed by atoms with Crippen molar-refractivity contribution in [1.29, 1.82) is 0 Å². The number of rotatable bonds is 6. The van der Waals surface area contributed by atoms with E-state index in [4.69, 9.17) is 4.74 Å². The van der Waals surface area contributed by atoms with E-state index in [1.54, 1.807) is 0 Å². The summed E-state index contributed by atoms with van der Waals surface area (Å²) in [7, 11) is 0. The maximum Gasteiger partial charge on any atom is 0.131 e. The molecule has 0 unspecified atom stereocenters. The third-order valence-electron chi connectivity index (χ3n) is 3.07. The quantitative estimate of drug-likeness (QED) is 0.837. The fourth-order valence-corrected chi connectivity index (χ4v) is 1.96. The van der Waals surface area contributed by atoms with Crippen molar-refractivity contribution in [3.05, 3.63) is 59.7 Å². The fraction of sp³-hybridized carbons (Fsp3) is 0.294. The van der Waals surface area contributed by atoms with Gasteiger partial charge in [0.25, 0.3) is 0 Å². The highest BCUT2D eigenvalue weighted by molar-refractivity contribution is 5.39. The van der Waals surface area contributed by atoms with Gasteiger partial charge in [-0.2, -0.15) is 0 Å². The molecule has 0 radical (unpaired) electrons. The average molecular weight is 255 g/mol. The normalized spacial score (nSPS) is 10.4. The van der Waals surface area contributed by atoms with E-state index < -0.39 is 0 Å². The number of hydrogen-bond acceptors (Lipinski definition) is 2. The Morgan fingerprint density at radius 2 is 1.84 bits per heavy atom. The van der Waals surface area contributed by atoms with E-state index in [2.05, 4.69) is 37.4 Å². The summed E-state index contributed by atoms with van der Waals surface area (Å²) in [6.45, 7) is 6.05. The lowest BCUT2D eigenvalue weighted by Gasteiger charge is -2.12. The van der Waals surface area contributed by atoms with E-state index in [0.29, 0.717) is 0 Å². The van der Waals surface area contributed by atoms with Gasteiger partial charge in [0, 0.05) is 12.1 Å². The molecule has 2 nitrogen and oxygen atoms in total. The molecule has 1 N–H and O–H groups in total. The molecule has 2 aromatic carbocycles. The summed E-state index contributed by atoms with van der Waals surface area (Å²) in [5.74, 6) is 1.83. The minimum absolute atomic E-state index is 0.833. The van der Waals surface area contributed by atoms with Gasteiger partial charge in [0.15, 0.2) is 0 Å². The van der Waals surface area contributed by atoms with Gasteiger partial charge in [0.2, 0.25) is 0 Å². The zero-order valence-corrected chi connectivity index (χ0v) is 11.6. The lowest BCUT2D eigenvalue weighted by atomic mass is 10.1. The molecule has 0 saturated heterocycles. The lowest BCUT2D eigenvalue weighted by Crippen LogP contribution is -2.12. The van der Waals surface area contributed by atoms with E-state index >= 15 is 0 Å². The Labute approximate surface area is 115 Å². The van der Waals surface area contributed by atoms with Gasteiger partial charge >= 0.3 is 0 Å². The van der Waals surface area contributed by atoms with E-state index in [9.17, 15) is 0 Å². The summed E-state index contributed by atoms with van der Waals surface area (Å²) >= 11 is 0. The molecule has 0 aliphatic heterocycles. The predicted octanol–water partition coefficient (Wildman–Crippen LogP) is 4.15. The molecule has 0 heterocycles. The van der Waals surface area contributed by atoms with E-state index in [1.165, 1.54) is 11.1 Å². The van der Waals surface area contributed by atoms with Gasteiger partial charge in [-0.3, -0.25) is 0 Å². The van der Waals surface area contributed by atoms with Gasteiger partial charge in [-0.05, 0) is 36.7 Å². The van der Waals surface area contributed by atoms with Crippen LogP contribution in [0.3, 0.4) is 0 Å². The number of nitrogens with one attached hydrogen (secondary N) is 1. The SMILES string of the molecule is CCNCc1ccccc1Oc1cccc(CC)c1. The van der Waals surface area contributed by atoms with Crippen LogP contribution in [0.15, 0.2) is 48.5 Å². The summed E-state index contributed by atoms with van der Waals surface area (Å²) in [6, 6.07) is 16.4. The zero-order valence-electron chi connectivity index (χ0n) is 11.6. The Morgan fingerprint density at radius 1 is 1.00 bits per heavy atom. The smallest absolute Gasteiger partial charge is 0.131 e. The van der Waals surface area contributed by atoms with Crippen LogP contribution in [0.4, 0.5) is 0 Å². The first-order valence-corrected chi connectivity index (χ1v) is 6.89. The Bertz CT molecular complexity index is 522. The minimum atomic E-state index is 0.833. The van der Waals surface area contributed by atoms with Crippen molar-refractivity contribution in [2.24, 2.45) is 0 Å². The first-order valence-electron chi connectivity index (χ1n) is 6.89. The fourth-order valence-electron chi connectivity index (χ4n) is 1.96. The number of hydrogen-bond donors (Lipinski definition) is 1. The number of benzene rings is 2. The van der Waals surface area contributed by atoms with Crippen LogP contribution < -0.4 is 10.1 Å². The molecule has 0 aliphatic rings. The van der Waals surface area contributed by atoms with Crippen LogP contribution in [0.1, 0.15) is 25.0 Å². The largest absolute Gasteiger partial charge is 0.457 e. The molecular weight excluding hydrogens is 234 g/mol. The van der Waals surface area contributed by atoms with Gasteiger partial charge in [-0.15, -0.1) is 0 Å². The molecule has 100 valence electrons. The lowest BCUT2D eigenvalue weighted by molar-refractivity contribution is 0.472. The van der Waals surface area contributed by atoms with Crippen molar-refractivity contribution < 1.29 is 4.74 Å². The Kier molecular flexibility index (Phi) is 4.99. The highest BCUT2D eigenvalue weighted by Gasteiger charge is 2.04. The summed E-state index contributed by atoms with van der Waals surface area (Å²) < 4.78 is 6.01. The van der Waals surface area contributed by atoms with Crippen LogP contribution >= 0.6 is 0 Å². The van der Waals surface area contributed by atoms with Crippen LogP contribution in [0.25, 0.3) is 0 Å². The molecule has 0 saturated carbocycles. The molecule has 0 bridgehead atoms. The van der Waals surface area contributed by atoms with Gasteiger partial charge in [0.05, 0.1) is 0 Å². The van der Waals surface area contributed by atoms with Crippen LogP contribution in [-0.2, 0) is 13.0 Å². The summed E-state index contributed by atoms with van der Waals surface area (Å²) in [5.41, 5.74) is 2.48. The van der Waals surface area contributed by atoms with Crippen LogP contribution in [0.2, 0.25) is 0 Å². The second kappa shape index (κ2) is 6.95. The van der Waals surface area contributed by atoms with Crippen molar-refractivity contribution in [1.82, 2.24) is 5.32 Å². The zero-order chi connectivity index (χ0) is 13.5. The van der Waals surface area contributed by atoms with Crippen molar-refractivity contribution in [3.8, 4) is 11.5 Å². The highest BCUT2D eigenvalue weighted by Crippen LogP contribution is 2.25. The van der Waals surface area contributed by atoms with E-state index in [0.717, 1.165) is 31.0 Å². The maximum atomic E-state index is 6.01. The minimum Gasteiger partial charge on any atom is -0.457 e. The second-order valence-electron chi connectivity index (χ2n) is 4.49. The molecule has 0 atom stereocenters. The Balaban J connectivity index is 2.17. The Hall–Kier alpha value is -1.80. The van der Waals surface area contributed by atoms with Gasteiger partial charge in [0.1, 0.15) is 11.5 Å². The van der Waals surface area contributed by atoms with Crippen molar-refractivity contribution in [3.63, 3.8) is 0 Å². The summed E-state index contributed by atoms with van der Waals surface area (Å²) in [5, 5.41) is 3.33. The van der Waals surface area contributed by atoms with Gasteiger partial charge < -0.3 is 10.1 Å². The summed E-state index contributed by atoms with van der Waals surface area (Å²) in [4.78, 5) is 0. The molecular formula is C17H21NO. The molecule has 0 aliphatic carbocycles. The van der Waals surface area contributed by atoms with Crippen LogP contribution in [0.5, 0.6) is 11.5 Å². The monoisotopic (exact) mass is 255 g/mol. The van der Waals surface area contributed by atoms with Crippen molar-refractivity contribution >= 4 is 0 Å². The Morgan fingerprint density at radius 3 is 2.63 bits per heavy atom. The molecule has 0 spiro atoms. The van der Waals surface area contributed by atoms with Gasteiger partial charge in [-0.25, -0.2) is 0 Å². The van der Waals surface area contributed by atoms with Crippen LogP contribution in [0, 0.1) is 0 Å². The first-order chi connectivity index (χ1) is 9.33. The third kappa shape index (κ3) is 3.83. The summed E-state index contributed by atoms with van der Waals surface area (Å²) in [6.07, 6.45) is 1.02. The number of para-hydroxylation sites is 1. The molecule has 0 aromatic heterocycles. The van der Waals surface area contributed by atoms with E-state index in [1.807, 2.05) is 30.3 Å². The second-order valence-corrected chi connectivity index (χ2v) is 4.49. The number of ether oxygens (including phenoxy) is 1. The third-order valence-corrected chi connectivity index (χ3v) is 3.07. The molecule has 0 fully saturated rings. The molecule has 2 heteroatoms. The highest BCUT2D eigenvalue weighted by atomic mass is 16.5. The van der Waals surface area contributed by atoms with Crippen LogP contribution in [-0.4, -0.2) is 6.54 Å². The molecule has 2 rings (SSSR count). The molecule has 0 amide bonds. The average Bonchev–Trinajstić information content (AvgIpc) is 2.46. The van der Waals surface area contributed by atoms with Gasteiger partial charge in [-0.1, -0.05) is 44.2 Å². The van der Waals surface area contributed by atoms with E-state index in [-0.39, 0.29) is 0 Å². The van der Waals surface area contributed by atoms with Crippen molar-refractivity contribution in [2.45, 2.75) is 26.8 Å². The number of aryl methyl sites for hydroxylation is 1.